The van der Waals surface area contributed by atoms with Gasteiger partial charge in [-0.1, -0.05) is 35.9 Å². The van der Waals surface area contributed by atoms with Crippen LogP contribution < -0.4 is 20.7 Å². The topological polar surface area (TPSA) is 108 Å². The number of hydrogen-bond donors (Lipinski definition) is 3. The van der Waals surface area contributed by atoms with Crippen LogP contribution in [0.2, 0.25) is 5.02 Å². The molecule has 0 radical (unpaired) electrons. The van der Waals surface area contributed by atoms with Gasteiger partial charge >= 0.3 is 0 Å². The molecule has 1 aliphatic carbocycles. The summed E-state index contributed by atoms with van der Waals surface area (Å²) in [6, 6.07) is 9.02. The van der Waals surface area contributed by atoms with Crippen molar-refractivity contribution < 1.29 is 14.3 Å². The first kappa shape index (κ1) is 26.2. The van der Waals surface area contributed by atoms with Gasteiger partial charge in [-0.3, -0.25) is 9.59 Å². The number of allylic oxidation sites excluding steroid dienone is 4. The SMILES string of the molecule is CC(=O)NCCNc1cc(NC(=O)CN2C=CC(Oc3cccc(Cl)c3)CC2)nc(C2=CC=CCC2)n1. The number of amides is 2. The second-order valence-corrected chi connectivity index (χ2v) is 9.23. The number of nitrogens with one attached hydrogen (secondary N) is 3. The fourth-order valence-electron chi connectivity index (χ4n) is 3.96. The van der Waals surface area contributed by atoms with Crippen molar-refractivity contribution in [1.29, 1.82) is 0 Å². The zero-order valence-electron chi connectivity index (χ0n) is 20.7. The molecular formula is C27H31ClN6O3. The van der Waals surface area contributed by atoms with Gasteiger partial charge in [-0.05, 0) is 48.9 Å². The van der Waals surface area contributed by atoms with Crippen LogP contribution >= 0.6 is 11.6 Å². The minimum absolute atomic E-state index is 0.0776. The van der Waals surface area contributed by atoms with Crippen molar-refractivity contribution in [2.75, 3.05) is 36.8 Å². The summed E-state index contributed by atoms with van der Waals surface area (Å²) in [4.78, 5) is 35.1. The molecule has 4 rings (SSSR count). The van der Waals surface area contributed by atoms with Gasteiger partial charge in [0.1, 0.15) is 23.5 Å². The number of nitrogens with zero attached hydrogens (tertiary/aromatic N) is 3. The van der Waals surface area contributed by atoms with Crippen LogP contribution in [0.4, 0.5) is 11.6 Å². The highest BCUT2D eigenvalue weighted by Crippen LogP contribution is 2.24. The average Bonchev–Trinajstić information content (AvgIpc) is 2.88. The van der Waals surface area contributed by atoms with E-state index in [9.17, 15) is 9.59 Å². The van der Waals surface area contributed by atoms with E-state index in [-0.39, 0.29) is 24.5 Å². The molecule has 1 aromatic carbocycles. The predicted octanol–water partition coefficient (Wildman–Crippen LogP) is 4.02. The lowest BCUT2D eigenvalue weighted by atomic mass is 10.0. The number of halogens is 1. The largest absolute Gasteiger partial charge is 0.486 e. The fourth-order valence-corrected chi connectivity index (χ4v) is 4.14. The highest BCUT2D eigenvalue weighted by molar-refractivity contribution is 6.30. The third-order valence-corrected chi connectivity index (χ3v) is 5.98. The summed E-state index contributed by atoms with van der Waals surface area (Å²) in [5, 5.41) is 9.48. The number of hydrogen-bond acceptors (Lipinski definition) is 7. The zero-order chi connectivity index (χ0) is 26.0. The lowest BCUT2D eigenvalue weighted by Crippen LogP contribution is -2.35. The summed E-state index contributed by atoms with van der Waals surface area (Å²) in [6.07, 6.45) is 12.3. The van der Waals surface area contributed by atoms with E-state index in [4.69, 9.17) is 16.3 Å². The molecule has 2 heterocycles. The highest BCUT2D eigenvalue weighted by Gasteiger charge is 2.18. The molecule has 1 aliphatic heterocycles. The van der Waals surface area contributed by atoms with Crippen LogP contribution in [-0.4, -0.2) is 59.0 Å². The normalized spacial score (nSPS) is 16.6. The number of carbonyl (C=O) groups excluding carboxylic acids is 2. The van der Waals surface area contributed by atoms with E-state index >= 15 is 0 Å². The molecule has 10 heteroatoms. The predicted molar refractivity (Wildman–Crippen MR) is 145 cm³/mol. The first-order valence-electron chi connectivity index (χ1n) is 12.3. The Balaban J connectivity index is 1.36. The Morgan fingerprint density at radius 1 is 1.19 bits per heavy atom. The zero-order valence-corrected chi connectivity index (χ0v) is 21.5. The molecule has 1 atom stereocenters. The van der Waals surface area contributed by atoms with E-state index in [1.54, 1.807) is 18.2 Å². The molecule has 2 amide bonds. The maximum atomic E-state index is 12.8. The first-order valence-corrected chi connectivity index (χ1v) is 12.7. The second kappa shape index (κ2) is 12.9. The van der Waals surface area contributed by atoms with Crippen LogP contribution in [0.25, 0.3) is 5.57 Å². The molecule has 194 valence electrons. The molecular weight excluding hydrogens is 492 g/mol. The summed E-state index contributed by atoms with van der Waals surface area (Å²) < 4.78 is 5.97. The summed E-state index contributed by atoms with van der Waals surface area (Å²) in [5.74, 6) is 2.04. The molecule has 0 fully saturated rings. The summed E-state index contributed by atoms with van der Waals surface area (Å²) in [6.45, 7) is 3.31. The Bertz CT molecular complexity index is 1210. The van der Waals surface area contributed by atoms with E-state index < -0.39 is 0 Å². The van der Waals surface area contributed by atoms with Gasteiger partial charge in [0.05, 0.1) is 6.54 Å². The summed E-state index contributed by atoms with van der Waals surface area (Å²) >= 11 is 6.03. The van der Waals surface area contributed by atoms with Crippen LogP contribution in [0, 0.1) is 0 Å². The fraction of sp³-hybridized carbons (Fsp3) is 0.333. The number of rotatable bonds is 10. The third kappa shape index (κ3) is 8.35. The van der Waals surface area contributed by atoms with Crippen molar-refractivity contribution in [3.05, 3.63) is 71.7 Å². The highest BCUT2D eigenvalue weighted by atomic mass is 35.5. The van der Waals surface area contributed by atoms with Gasteiger partial charge in [-0.15, -0.1) is 0 Å². The Morgan fingerprint density at radius 3 is 2.78 bits per heavy atom. The maximum Gasteiger partial charge on any atom is 0.245 e. The van der Waals surface area contributed by atoms with Gasteiger partial charge in [0, 0.05) is 44.1 Å². The Labute approximate surface area is 221 Å². The molecule has 0 spiro atoms. The van der Waals surface area contributed by atoms with E-state index in [2.05, 4.69) is 32.0 Å². The lowest BCUT2D eigenvalue weighted by molar-refractivity contribution is -0.119. The summed E-state index contributed by atoms with van der Waals surface area (Å²) in [5.41, 5.74) is 1.01. The molecule has 37 heavy (non-hydrogen) atoms. The first-order chi connectivity index (χ1) is 17.9. The van der Waals surface area contributed by atoms with Crippen LogP contribution in [0.3, 0.4) is 0 Å². The standard InChI is InChI=1S/C27H31ClN6O3/c1-19(35)29-12-13-30-24-17-25(33-27(32-24)20-6-3-2-4-7-20)31-26(36)18-34-14-10-22(11-15-34)37-23-9-5-8-21(28)16-23/h2-3,5-6,8-10,14,16-17,22H,4,7,11-13,15,18H2,1H3,(H,29,35)(H2,30,31,32,33,36). The van der Waals surface area contributed by atoms with Gasteiger partial charge in [-0.2, -0.15) is 0 Å². The minimum atomic E-state index is -0.176. The van der Waals surface area contributed by atoms with Crippen LogP contribution in [0.15, 0.2) is 60.8 Å². The quantitative estimate of drug-likeness (QED) is 0.404. The van der Waals surface area contributed by atoms with Crippen molar-refractivity contribution in [3.8, 4) is 5.75 Å². The van der Waals surface area contributed by atoms with Gasteiger partial charge in [-0.25, -0.2) is 9.97 Å². The molecule has 1 unspecified atom stereocenters. The molecule has 1 aromatic heterocycles. The van der Waals surface area contributed by atoms with Crippen molar-refractivity contribution in [1.82, 2.24) is 20.2 Å². The molecule has 0 saturated carbocycles. The van der Waals surface area contributed by atoms with Gasteiger partial charge < -0.3 is 25.6 Å². The average molecular weight is 523 g/mol. The summed E-state index contributed by atoms with van der Waals surface area (Å²) in [7, 11) is 0. The van der Waals surface area contributed by atoms with Crippen molar-refractivity contribution >= 4 is 40.6 Å². The van der Waals surface area contributed by atoms with Crippen molar-refractivity contribution in [2.45, 2.75) is 32.3 Å². The Kier molecular flexibility index (Phi) is 9.15. The van der Waals surface area contributed by atoms with Gasteiger partial charge in [0.25, 0.3) is 0 Å². The molecule has 0 bridgehead atoms. The Morgan fingerprint density at radius 2 is 2.05 bits per heavy atom. The molecule has 9 nitrogen and oxygen atoms in total. The lowest BCUT2D eigenvalue weighted by Gasteiger charge is -2.27. The van der Waals surface area contributed by atoms with Gasteiger partial charge in [0.15, 0.2) is 5.82 Å². The van der Waals surface area contributed by atoms with Crippen LogP contribution in [-0.2, 0) is 9.59 Å². The Hall–Kier alpha value is -3.85. The van der Waals surface area contributed by atoms with E-state index in [1.165, 1.54) is 6.92 Å². The van der Waals surface area contributed by atoms with E-state index in [0.717, 1.165) is 30.6 Å². The van der Waals surface area contributed by atoms with Gasteiger partial charge in [0.2, 0.25) is 11.8 Å². The monoisotopic (exact) mass is 522 g/mol. The molecule has 3 N–H and O–H groups in total. The van der Waals surface area contributed by atoms with E-state index in [0.29, 0.717) is 42.1 Å². The van der Waals surface area contributed by atoms with Crippen molar-refractivity contribution in [2.24, 2.45) is 0 Å². The number of ether oxygens (including phenoxy) is 1. The number of benzene rings is 1. The van der Waals surface area contributed by atoms with Crippen LogP contribution in [0.1, 0.15) is 32.0 Å². The molecule has 0 saturated heterocycles. The molecule has 2 aromatic rings. The minimum Gasteiger partial charge on any atom is -0.486 e. The molecule has 2 aliphatic rings. The number of aromatic nitrogens is 2. The second-order valence-electron chi connectivity index (χ2n) is 8.79. The number of carbonyl (C=O) groups is 2. The van der Waals surface area contributed by atoms with Crippen LogP contribution in [0.5, 0.6) is 5.75 Å². The third-order valence-electron chi connectivity index (χ3n) is 5.74. The smallest absolute Gasteiger partial charge is 0.245 e. The van der Waals surface area contributed by atoms with Crippen molar-refractivity contribution in [3.63, 3.8) is 0 Å². The van der Waals surface area contributed by atoms with E-state index in [1.807, 2.05) is 41.5 Å². The maximum absolute atomic E-state index is 12.8. The number of anilines is 2.